The summed E-state index contributed by atoms with van der Waals surface area (Å²) in [5.41, 5.74) is 1.51. The van der Waals surface area contributed by atoms with Gasteiger partial charge in [-0.3, -0.25) is 0 Å². The van der Waals surface area contributed by atoms with Crippen molar-refractivity contribution in [2.75, 3.05) is 6.54 Å². The molecule has 0 heterocycles. The second-order valence-corrected chi connectivity index (χ2v) is 4.62. The number of halogens is 3. The number of hydrogen-bond donors (Lipinski definition) is 1. The summed E-state index contributed by atoms with van der Waals surface area (Å²) in [5, 5.41) is 3.21. The number of rotatable bonds is 5. The molecule has 0 atom stereocenters. The standard InChI is InChI=1S/C16H16F3N/c1-2-7-20-10-11-3-5-14(17)13(8-11)12-4-6-15(18)16(19)9-12/h3-6,8-9,20H,2,7,10H2,1H3. The zero-order chi connectivity index (χ0) is 14.5. The number of hydrogen-bond acceptors (Lipinski definition) is 1. The Morgan fingerprint density at radius 3 is 2.35 bits per heavy atom. The third-order valence-corrected chi connectivity index (χ3v) is 3.02. The van der Waals surface area contributed by atoms with E-state index in [0.29, 0.717) is 12.1 Å². The highest BCUT2D eigenvalue weighted by atomic mass is 19.2. The Hall–Kier alpha value is -1.81. The van der Waals surface area contributed by atoms with Crippen LogP contribution in [-0.2, 0) is 6.54 Å². The zero-order valence-electron chi connectivity index (χ0n) is 11.2. The maximum Gasteiger partial charge on any atom is 0.159 e. The molecule has 0 radical (unpaired) electrons. The quantitative estimate of drug-likeness (QED) is 0.806. The third kappa shape index (κ3) is 3.39. The smallest absolute Gasteiger partial charge is 0.159 e. The van der Waals surface area contributed by atoms with Crippen LogP contribution in [0.1, 0.15) is 18.9 Å². The van der Waals surface area contributed by atoms with E-state index in [4.69, 9.17) is 0 Å². The molecule has 2 aromatic carbocycles. The minimum Gasteiger partial charge on any atom is -0.313 e. The summed E-state index contributed by atoms with van der Waals surface area (Å²) < 4.78 is 40.0. The van der Waals surface area contributed by atoms with E-state index in [9.17, 15) is 13.2 Å². The van der Waals surface area contributed by atoms with Crippen molar-refractivity contribution in [2.45, 2.75) is 19.9 Å². The molecule has 106 valence electrons. The molecule has 0 aromatic heterocycles. The summed E-state index contributed by atoms with van der Waals surface area (Å²) in [5.74, 6) is -2.36. The summed E-state index contributed by atoms with van der Waals surface area (Å²) in [6, 6.07) is 8.08. The number of nitrogens with one attached hydrogen (secondary N) is 1. The Morgan fingerprint density at radius 1 is 0.900 bits per heavy atom. The maximum absolute atomic E-state index is 13.8. The minimum absolute atomic E-state index is 0.277. The second kappa shape index (κ2) is 6.57. The molecule has 2 aromatic rings. The van der Waals surface area contributed by atoms with Gasteiger partial charge < -0.3 is 5.32 Å². The highest BCUT2D eigenvalue weighted by molar-refractivity contribution is 5.65. The van der Waals surface area contributed by atoms with E-state index in [-0.39, 0.29) is 5.56 Å². The largest absolute Gasteiger partial charge is 0.313 e. The molecule has 0 unspecified atom stereocenters. The normalized spacial score (nSPS) is 10.8. The van der Waals surface area contributed by atoms with Crippen LogP contribution in [0.2, 0.25) is 0 Å². The molecule has 20 heavy (non-hydrogen) atoms. The van der Waals surface area contributed by atoms with Gasteiger partial charge in [-0.15, -0.1) is 0 Å². The van der Waals surface area contributed by atoms with Crippen LogP contribution in [-0.4, -0.2) is 6.54 Å². The number of benzene rings is 2. The first-order valence-corrected chi connectivity index (χ1v) is 6.56. The summed E-state index contributed by atoms with van der Waals surface area (Å²) in [6.07, 6.45) is 1.01. The van der Waals surface area contributed by atoms with Crippen molar-refractivity contribution in [2.24, 2.45) is 0 Å². The fourth-order valence-corrected chi connectivity index (χ4v) is 1.98. The van der Waals surface area contributed by atoms with E-state index in [0.717, 1.165) is 30.7 Å². The molecular weight excluding hydrogens is 263 g/mol. The first-order valence-electron chi connectivity index (χ1n) is 6.56. The predicted octanol–water partition coefficient (Wildman–Crippen LogP) is 4.27. The Kier molecular flexibility index (Phi) is 4.79. The molecule has 1 nitrogen and oxygen atoms in total. The first-order chi connectivity index (χ1) is 9.61. The van der Waals surface area contributed by atoms with Gasteiger partial charge in [0, 0.05) is 12.1 Å². The van der Waals surface area contributed by atoms with Crippen molar-refractivity contribution in [3.05, 3.63) is 59.4 Å². The van der Waals surface area contributed by atoms with Gasteiger partial charge in [-0.1, -0.05) is 19.1 Å². The first kappa shape index (κ1) is 14.6. The molecule has 0 spiro atoms. The summed E-state index contributed by atoms with van der Waals surface area (Å²) in [7, 11) is 0. The Labute approximate surface area is 116 Å². The molecule has 0 aliphatic carbocycles. The van der Waals surface area contributed by atoms with Crippen molar-refractivity contribution < 1.29 is 13.2 Å². The van der Waals surface area contributed by atoms with Crippen LogP contribution in [0.25, 0.3) is 11.1 Å². The van der Waals surface area contributed by atoms with Crippen molar-refractivity contribution in [3.63, 3.8) is 0 Å². The fourth-order valence-electron chi connectivity index (χ4n) is 1.98. The van der Waals surface area contributed by atoms with Gasteiger partial charge in [0.25, 0.3) is 0 Å². The monoisotopic (exact) mass is 279 g/mol. The van der Waals surface area contributed by atoms with Gasteiger partial charge in [0.15, 0.2) is 11.6 Å². The molecule has 0 saturated carbocycles. The van der Waals surface area contributed by atoms with Gasteiger partial charge in [0.05, 0.1) is 0 Å². The molecule has 0 bridgehead atoms. The van der Waals surface area contributed by atoms with Crippen molar-refractivity contribution in [3.8, 4) is 11.1 Å². The van der Waals surface area contributed by atoms with E-state index < -0.39 is 17.5 Å². The van der Waals surface area contributed by atoms with Crippen molar-refractivity contribution in [1.29, 1.82) is 0 Å². The topological polar surface area (TPSA) is 12.0 Å². The maximum atomic E-state index is 13.8. The van der Waals surface area contributed by atoms with Gasteiger partial charge >= 0.3 is 0 Å². The van der Waals surface area contributed by atoms with Crippen LogP contribution in [0.15, 0.2) is 36.4 Å². The summed E-state index contributed by atoms with van der Waals surface area (Å²) in [6.45, 7) is 3.55. The Balaban J connectivity index is 2.29. The van der Waals surface area contributed by atoms with Crippen LogP contribution in [0.4, 0.5) is 13.2 Å². The van der Waals surface area contributed by atoms with Gasteiger partial charge in [0.2, 0.25) is 0 Å². The van der Waals surface area contributed by atoms with Crippen molar-refractivity contribution >= 4 is 0 Å². The zero-order valence-corrected chi connectivity index (χ0v) is 11.2. The van der Waals surface area contributed by atoms with E-state index >= 15 is 0 Å². The molecule has 4 heteroatoms. The molecule has 0 aliphatic heterocycles. The molecule has 1 N–H and O–H groups in total. The average Bonchev–Trinajstić information content (AvgIpc) is 2.44. The van der Waals surface area contributed by atoms with Gasteiger partial charge in [0.1, 0.15) is 5.82 Å². The van der Waals surface area contributed by atoms with Crippen LogP contribution in [0.3, 0.4) is 0 Å². The van der Waals surface area contributed by atoms with E-state index in [1.54, 1.807) is 12.1 Å². The minimum atomic E-state index is -0.976. The summed E-state index contributed by atoms with van der Waals surface area (Å²) >= 11 is 0. The lowest BCUT2D eigenvalue weighted by Crippen LogP contribution is -2.13. The molecular formula is C16H16F3N. The SMILES string of the molecule is CCCNCc1ccc(F)c(-c2ccc(F)c(F)c2)c1. The average molecular weight is 279 g/mol. The molecule has 0 saturated heterocycles. The van der Waals surface area contributed by atoms with E-state index in [2.05, 4.69) is 12.2 Å². The predicted molar refractivity (Wildman–Crippen MR) is 73.7 cm³/mol. The van der Waals surface area contributed by atoms with Crippen LogP contribution >= 0.6 is 0 Å². The molecule has 0 amide bonds. The molecule has 0 fully saturated rings. The fraction of sp³-hybridized carbons (Fsp3) is 0.250. The van der Waals surface area contributed by atoms with Gasteiger partial charge in [-0.25, -0.2) is 13.2 Å². The lowest BCUT2D eigenvalue weighted by molar-refractivity contribution is 0.509. The van der Waals surface area contributed by atoms with Crippen molar-refractivity contribution in [1.82, 2.24) is 5.32 Å². The Morgan fingerprint density at radius 2 is 1.65 bits per heavy atom. The third-order valence-electron chi connectivity index (χ3n) is 3.02. The molecule has 0 aliphatic rings. The Bertz CT molecular complexity index is 596. The van der Waals surface area contributed by atoms with Gasteiger partial charge in [-0.05, 0) is 48.4 Å². The van der Waals surface area contributed by atoms with Gasteiger partial charge in [-0.2, -0.15) is 0 Å². The van der Waals surface area contributed by atoms with Crippen LogP contribution in [0, 0.1) is 17.5 Å². The van der Waals surface area contributed by atoms with Crippen LogP contribution < -0.4 is 5.32 Å². The molecule has 2 rings (SSSR count). The highest BCUT2D eigenvalue weighted by Gasteiger charge is 2.09. The van der Waals surface area contributed by atoms with Crippen LogP contribution in [0.5, 0.6) is 0 Å². The van der Waals surface area contributed by atoms with E-state index in [1.165, 1.54) is 12.1 Å². The lowest BCUT2D eigenvalue weighted by atomic mass is 10.0. The highest BCUT2D eigenvalue weighted by Crippen LogP contribution is 2.25. The van der Waals surface area contributed by atoms with E-state index in [1.807, 2.05) is 0 Å². The lowest BCUT2D eigenvalue weighted by Gasteiger charge is -2.08. The summed E-state index contributed by atoms with van der Waals surface area (Å²) in [4.78, 5) is 0. The second-order valence-electron chi connectivity index (χ2n) is 4.62.